The lowest BCUT2D eigenvalue weighted by Crippen LogP contribution is -2.46. The number of halogens is 3. The maximum absolute atomic E-state index is 12.1. The Labute approximate surface area is 186 Å². The number of carbonyl (C=O) groups excluding carboxylic acids is 1. The summed E-state index contributed by atoms with van der Waals surface area (Å²) in [4.78, 5) is 14.4. The third kappa shape index (κ3) is 6.35. The van der Waals surface area contributed by atoms with Gasteiger partial charge < -0.3 is 4.74 Å². The minimum absolute atomic E-state index is 0.0229. The molecular formula is C18H19BrCl2N2O2S2. The van der Waals surface area contributed by atoms with Gasteiger partial charge in [0, 0.05) is 38.5 Å². The van der Waals surface area contributed by atoms with Gasteiger partial charge in [-0.05, 0) is 45.8 Å². The summed E-state index contributed by atoms with van der Waals surface area (Å²) in [5.41, 5.74) is 1.12. The summed E-state index contributed by atoms with van der Waals surface area (Å²) in [6.07, 6.45) is -0.0266. The van der Waals surface area contributed by atoms with Crippen LogP contribution in [-0.4, -0.2) is 47.5 Å². The molecule has 0 aliphatic carbocycles. The van der Waals surface area contributed by atoms with Crippen LogP contribution in [-0.2, 0) is 16.1 Å². The number of hydrogen-bond acceptors (Lipinski definition) is 5. The first-order valence-electron chi connectivity index (χ1n) is 8.40. The molecule has 1 aliphatic rings. The molecule has 1 aromatic heterocycles. The average molecular weight is 510 g/mol. The maximum atomic E-state index is 12.1. The molecule has 1 saturated heterocycles. The zero-order valence-electron chi connectivity index (χ0n) is 14.7. The van der Waals surface area contributed by atoms with Crippen LogP contribution in [0.3, 0.4) is 0 Å². The van der Waals surface area contributed by atoms with Gasteiger partial charge in [0.1, 0.15) is 0 Å². The van der Waals surface area contributed by atoms with Crippen LogP contribution >= 0.6 is 62.4 Å². The van der Waals surface area contributed by atoms with Crippen molar-refractivity contribution in [2.45, 2.75) is 23.8 Å². The van der Waals surface area contributed by atoms with Gasteiger partial charge in [-0.2, -0.15) is 0 Å². The molecule has 0 N–H and O–H groups in total. The molecule has 0 bridgehead atoms. The molecule has 0 saturated carbocycles. The predicted molar refractivity (Wildman–Crippen MR) is 117 cm³/mol. The van der Waals surface area contributed by atoms with Gasteiger partial charge in [0.15, 0.2) is 0 Å². The molecule has 2 aromatic rings. The first kappa shape index (κ1) is 21.4. The fourth-order valence-electron chi connectivity index (χ4n) is 2.80. The Morgan fingerprint density at radius 2 is 2.19 bits per heavy atom. The largest absolute Gasteiger partial charge is 0.374 e. The molecule has 1 aliphatic heterocycles. The highest BCUT2D eigenvalue weighted by molar-refractivity contribution is 9.11. The van der Waals surface area contributed by atoms with Crippen LogP contribution in [0, 0.1) is 0 Å². The van der Waals surface area contributed by atoms with Crippen LogP contribution in [0.2, 0.25) is 10.0 Å². The van der Waals surface area contributed by atoms with Crippen LogP contribution in [0.5, 0.6) is 0 Å². The molecular weight excluding hydrogens is 491 g/mol. The van der Waals surface area contributed by atoms with E-state index < -0.39 is 0 Å². The van der Waals surface area contributed by atoms with Gasteiger partial charge in [0.05, 0.1) is 37.3 Å². The number of rotatable bonds is 6. The zero-order valence-corrected chi connectivity index (χ0v) is 19.4. The zero-order chi connectivity index (χ0) is 19.4. The molecule has 4 nitrogen and oxygen atoms in total. The van der Waals surface area contributed by atoms with E-state index in [4.69, 9.17) is 27.9 Å². The smallest absolute Gasteiger partial charge is 0.229 e. The SMILES string of the molecule is CC(=O)N(C[C@@H]1CN(Cc2ccc(Cl)c(Cl)c2)CCO1)Sc1ccc(Br)s1. The van der Waals surface area contributed by atoms with Gasteiger partial charge in [-0.3, -0.25) is 14.0 Å². The summed E-state index contributed by atoms with van der Waals surface area (Å²) >= 11 is 18.6. The highest BCUT2D eigenvalue weighted by atomic mass is 79.9. The highest BCUT2D eigenvalue weighted by Crippen LogP contribution is 2.33. The topological polar surface area (TPSA) is 32.8 Å². The molecule has 9 heteroatoms. The molecule has 2 heterocycles. The monoisotopic (exact) mass is 508 g/mol. The molecule has 1 fully saturated rings. The number of benzene rings is 1. The van der Waals surface area contributed by atoms with Crippen LogP contribution in [0.4, 0.5) is 0 Å². The van der Waals surface area contributed by atoms with E-state index in [0.717, 1.165) is 33.2 Å². The van der Waals surface area contributed by atoms with Gasteiger partial charge in [0.25, 0.3) is 0 Å². The van der Waals surface area contributed by atoms with Crippen molar-refractivity contribution in [3.63, 3.8) is 0 Å². The van der Waals surface area contributed by atoms with Gasteiger partial charge in [-0.15, -0.1) is 11.3 Å². The summed E-state index contributed by atoms with van der Waals surface area (Å²) in [6.45, 7) is 5.18. The lowest BCUT2D eigenvalue weighted by atomic mass is 10.2. The van der Waals surface area contributed by atoms with Crippen LogP contribution < -0.4 is 0 Å². The summed E-state index contributed by atoms with van der Waals surface area (Å²) in [5, 5.41) is 1.13. The molecule has 27 heavy (non-hydrogen) atoms. The van der Waals surface area contributed by atoms with Gasteiger partial charge in [-0.1, -0.05) is 29.3 Å². The lowest BCUT2D eigenvalue weighted by Gasteiger charge is -2.35. The third-order valence-electron chi connectivity index (χ3n) is 4.08. The number of ether oxygens (including phenoxy) is 1. The number of amides is 1. The summed E-state index contributed by atoms with van der Waals surface area (Å²) in [5.74, 6) is 0.0229. The van der Waals surface area contributed by atoms with E-state index in [9.17, 15) is 4.79 Å². The highest BCUT2D eigenvalue weighted by Gasteiger charge is 2.25. The third-order valence-corrected chi connectivity index (χ3v) is 7.66. The summed E-state index contributed by atoms with van der Waals surface area (Å²) in [6, 6.07) is 9.71. The van der Waals surface area contributed by atoms with Gasteiger partial charge in [-0.25, -0.2) is 0 Å². The lowest BCUT2D eigenvalue weighted by molar-refractivity contribution is -0.126. The van der Waals surface area contributed by atoms with Crippen molar-refractivity contribution in [3.05, 3.63) is 49.7 Å². The number of thiophene rings is 1. The fourth-order valence-corrected chi connectivity index (χ4v) is 5.97. The first-order valence-corrected chi connectivity index (χ1v) is 11.5. The molecule has 0 spiro atoms. The Hall–Kier alpha value is -0.280. The molecule has 3 rings (SSSR count). The minimum atomic E-state index is -0.0266. The second-order valence-electron chi connectivity index (χ2n) is 6.21. The fraction of sp³-hybridized carbons (Fsp3) is 0.389. The Balaban J connectivity index is 1.58. The Morgan fingerprint density at radius 1 is 1.37 bits per heavy atom. The van der Waals surface area contributed by atoms with Gasteiger partial charge in [0.2, 0.25) is 5.91 Å². The second-order valence-corrected chi connectivity index (χ2v) is 10.8. The van der Waals surface area contributed by atoms with Crippen molar-refractivity contribution in [1.82, 2.24) is 9.21 Å². The van der Waals surface area contributed by atoms with Crippen molar-refractivity contribution in [3.8, 4) is 0 Å². The van der Waals surface area contributed by atoms with Crippen molar-refractivity contribution in [2.75, 3.05) is 26.2 Å². The number of nitrogens with zero attached hydrogens (tertiary/aromatic N) is 2. The van der Waals surface area contributed by atoms with E-state index in [2.05, 4.69) is 20.8 Å². The Bertz CT molecular complexity index is 805. The predicted octanol–water partition coefficient (Wildman–Crippen LogP) is 5.57. The molecule has 146 valence electrons. The van der Waals surface area contributed by atoms with E-state index in [0.29, 0.717) is 23.2 Å². The van der Waals surface area contributed by atoms with Crippen LogP contribution in [0.15, 0.2) is 38.3 Å². The van der Waals surface area contributed by atoms with Crippen LogP contribution in [0.1, 0.15) is 12.5 Å². The molecule has 1 amide bonds. The first-order chi connectivity index (χ1) is 12.9. The molecule has 1 atom stereocenters. The van der Waals surface area contributed by atoms with Gasteiger partial charge >= 0.3 is 0 Å². The minimum Gasteiger partial charge on any atom is -0.374 e. The van der Waals surface area contributed by atoms with Crippen molar-refractivity contribution in [2.24, 2.45) is 0 Å². The number of morpholine rings is 1. The normalized spacial score (nSPS) is 17.9. The van der Waals surface area contributed by atoms with Crippen LogP contribution in [0.25, 0.3) is 0 Å². The van der Waals surface area contributed by atoms with E-state index >= 15 is 0 Å². The van der Waals surface area contributed by atoms with E-state index in [-0.39, 0.29) is 12.0 Å². The Morgan fingerprint density at radius 3 is 2.85 bits per heavy atom. The summed E-state index contributed by atoms with van der Waals surface area (Å²) in [7, 11) is 0. The molecule has 0 radical (unpaired) electrons. The van der Waals surface area contributed by atoms with E-state index in [1.165, 1.54) is 11.9 Å². The molecule has 0 unspecified atom stereocenters. The molecule has 1 aromatic carbocycles. The van der Waals surface area contributed by atoms with E-state index in [1.807, 2.05) is 30.3 Å². The summed E-state index contributed by atoms with van der Waals surface area (Å²) < 4.78 is 9.80. The maximum Gasteiger partial charge on any atom is 0.229 e. The van der Waals surface area contributed by atoms with Crippen molar-refractivity contribution in [1.29, 1.82) is 0 Å². The number of hydrogen-bond donors (Lipinski definition) is 0. The van der Waals surface area contributed by atoms with Crippen molar-refractivity contribution >= 4 is 68.3 Å². The Kier molecular flexibility index (Phi) is 7.91. The standard InChI is InChI=1S/C18H19BrCl2N2O2S2/c1-12(24)23(27-18-5-4-17(19)26-18)11-14-10-22(6-7-25-14)9-13-2-3-15(20)16(21)8-13/h2-5,8,14H,6-7,9-11H2,1H3/t14-/m0/s1. The quantitative estimate of drug-likeness (QED) is 0.476. The number of carbonyl (C=O) groups is 1. The average Bonchev–Trinajstić information content (AvgIpc) is 3.03. The van der Waals surface area contributed by atoms with Crippen molar-refractivity contribution < 1.29 is 9.53 Å². The second kappa shape index (κ2) is 9.96. The van der Waals surface area contributed by atoms with E-state index in [1.54, 1.807) is 22.6 Å².